The molecule has 59 valence electrons. The molecule has 1 aliphatic rings. The summed E-state index contributed by atoms with van der Waals surface area (Å²) in [4.78, 5) is 0. The second-order valence-electron chi connectivity index (χ2n) is 2.62. The molecule has 0 aliphatic carbocycles. The van der Waals surface area contributed by atoms with Gasteiger partial charge in [-0.25, -0.2) is 5.32 Å². The maximum absolute atomic E-state index is 5.16. The van der Waals surface area contributed by atoms with Gasteiger partial charge in [0.2, 0.25) is 0 Å². The van der Waals surface area contributed by atoms with Crippen molar-refractivity contribution in [2.24, 2.45) is 0 Å². The Morgan fingerprint density at radius 1 is 1.70 bits per heavy atom. The van der Waals surface area contributed by atoms with Crippen LogP contribution in [0.3, 0.4) is 0 Å². The van der Waals surface area contributed by atoms with Crippen LogP contribution in [0.5, 0.6) is 0 Å². The molecule has 1 rings (SSSR count). The molecule has 0 bridgehead atoms. The molecule has 2 atom stereocenters. The van der Waals surface area contributed by atoms with Gasteiger partial charge in [0.25, 0.3) is 0 Å². The van der Waals surface area contributed by atoms with Gasteiger partial charge in [-0.3, -0.25) is 0 Å². The fourth-order valence-corrected chi connectivity index (χ4v) is 1.10. The number of nitrogens with zero attached hydrogens (tertiary/aromatic N) is 1. The summed E-state index contributed by atoms with van der Waals surface area (Å²) in [6.07, 6.45) is 0.257. The van der Waals surface area contributed by atoms with Gasteiger partial charge in [-0.05, 0) is 6.92 Å². The Morgan fingerprint density at radius 2 is 2.50 bits per heavy atom. The van der Waals surface area contributed by atoms with Crippen LogP contribution in [0.2, 0.25) is 0 Å². The van der Waals surface area contributed by atoms with Crippen molar-refractivity contribution < 1.29 is 4.74 Å². The Bertz CT molecular complexity index is 91.6. The van der Waals surface area contributed by atoms with Crippen molar-refractivity contribution in [1.29, 1.82) is 0 Å². The lowest BCUT2D eigenvalue weighted by Gasteiger charge is -2.26. The molecule has 0 aromatic carbocycles. The third kappa shape index (κ3) is 1.94. The first-order valence-corrected chi connectivity index (χ1v) is 3.74. The smallest absolute Gasteiger partial charge is 0.0724 e. The van der Waals surface area contributed by atoms with E-state index in [2.05, 4.69) is 17.6 Å². The van der Waals surface area contributed by atoms with Gasteiger partial charge in [-0.15, -0.1) is 0 Å². The van der Waals surface area contributed by atoms with E-state index in [1.807, 2.05) is 0 Å². The van der Waals surface area contributed by atoms with Gasteiger partial charge in [0.05, 0.1) is 12.1 Å². The van der Waals surface area contributed by atoms with Crippen molar-refractivity contribution >= 4 is 0 Å². The molecule has 3 heteroatoms. The quantitative estimate of drug-likeness (QED) is 0.570. The van der Waals surface area contributed by atoms with Crippen molar-refractivity contribution in [3.05, 3.63) is 0 Å². The average Bonchev–Trinajstić information content (AvgIpc) is 2.05. The van der Waals surface area contributed by atoms with Crippen LogP contribution in [0.4, 0.5) is 0 Å². The molecular formula is C7H15N2O. The first kappa shape index (κ1) is 7.98. The van der Waals surface area contributed by atoms with E-state index >= 15 is 0 Å². The van der Waals surface area contributed by atoms with Crippen LogP contribution in [-0.2, 0) is 4.74 Å². The Balaban J connectivity index is 2.24. The highest BCUT2D eigenvalue weighted by Gasteiger charge is 2.19. The standard InChI is InChI=1S/C7H15N2O/c1-6(10-2)7-5-8-3-4-9-7/h6-8H,3-5H2,1-2H3. The van der Waals surface area contributed by atoms with Crippen molar-refractivity contribution in [3.8, 4) is 0 Å². The third-order valence-corrected chi connectivity index (χ3v) is 1.92. The zero-order valence-electron chi connectivity index (χ0n) is 6.63. The van der Waals surface area contributed by atoms with E-state index in [1.165, 1.54) is 0 Å². The highest BCUT2D eigenvalue weighted by Crippen LogP contribution is 1.99. The lowest BCUT2D eigenvalue weighted by atomic mass is 10.1. The maximum Gasteiger partial charge on any atom is 0.0724 e. The molecule has 1 radical (unpaired) electrons. The van der Waals surface area contributed by atoms with E-state index in [4.69, 9.17) is 4.74 Å². The van der Waals surface area contributed by atoms with Gasteiger partial charge >= 0.3 is 0 Å². The van der Waals surface area contributed by atoms with Crippen LogP contribution < -0.4 is 10.6 Å². The van der Waals surface area contributed by atoms with Crippen molar-refractivity contribution in [2.75, 3.05) is 26.7 Å². The molecule has 0 spiro atoms. The molecule has 1 aliphatic heterocycles. The molecule has 1 saturated heterocycles. The zero-order chi connectivity index (χ0) is 7.40. The molecule has 2 unspecified atom stereocenters. The molecule has 0 saturated carbocycles. The van der Waals surface area contributed by atoms with E-state index in [0.29, 0.717) is 6.04 Å². The van der Waals surface area contributed by atoms with Crippen LogP contribution in [0.15, 0.2) is 0 Å². The molecular weight excluding hydrogens is 128 g/mol. The highest BCUT2D eigenvalue weighted by atomic mass is 16.5. The van der Waals surface area contributed by atoms with Gasteiger partial charge in [0.1, 0.15) is 0 Å². The Hall–Kier alpha value is -0.120. The van der Waals surface area contributed by atoms with Crippen LogP contribution in [-0.4, -0.2) is 38.9 Å². The molecule has 1 heterocycles. The van der Waals surface area contributed by atoms with Crippen molar-refractivity contribution in [2.45, 2.75) is 19.1 Å². The molecule has 1 fully saturated rings. The SMILES string of the molecule is COC(C)C1CNCC[N]1. The second-order valence-corrected chi connectivity index (χ2v) is 2.62. The summed E-state index contributed by atoms with van der Waals surface area (Å²) in [6, 6.07) is 0.360. The largest absolute Gasteiger partial charge is 0.380 e. The minimum atomic E-state index is 0.257. The number of hydrogen-bond acceptors (Lipinski definition) is 2. The van der Waals surface area contributed by atoms with Gasteiger partial charge in [-0.1, -0.05) is 0 Å². The number of ether oxygens (including phenoxy) is 1. The maximum atomic E-state index is 5.16. The lowest BCUT2D eigenvalue weighted by molar-refractivity contribution is 0.0764. The van der Waals surface area contributed by atoms with Crippen molar-refractivity contribution in [1.82, 2.24) is 10.6 Å². The normalized spacial score (nSPS) is 30.0. The monoisotopic (exact) mass is 143 g/mol. The average molecular weight is 143 g/mol. The first-order valence-electron chi connectivity index (χ1n) is 3.74. The van der Waals surface area contributed by atoms with Crippen LogP contribution in [0.25, 0.3) is 0 Å². The van der Waals surface area contributed by atoms with E-state index in [9.17, 15) is 0 Å². The number of methoxy groups -OCH3 is 1. The Morgan fingerprint density at radius 3 is 3.00 bits per heavy atom. The van der Waals surface area contributed by atoms with Gasteiger partial charge in [0, 0.05) is 26.7 Å². The molecule has 3 nitrogen and oxygen atoms in total. The molecule has 0 aromatic rings. The molecule has 1 N–H and O–H groups in total. The summed E-state index contributed by atoms with van der Waals surface area (Å²) >= 11 is 0. The van der Waals surface area contributed by atoms with E-state index in [0.717, 1.165) is 19.6 Å². The molecule has 0 amide bonds. The van der Waals surface area contributed by atoms with Crippen LogP contribution in [0, 0.1) is 0 Å². The lowest BCUT2D eigenvalue weighted by Crippen LogP contribution is -2.49. The Labute approximate surface area is 62.1 Å². The topological polar surface area (TPSA) is 35.4 Å². The summed E-state index contributed by atoms with van der Waals surface area (Å²) < 4.78 is 5.16. The predicted molar refractivity (Wildman–Crippen MR) is 40.1 cm³/mol. The van der Waals surface area contributed by atoms with Gasteiger partial charge < -0.3 is 10.1 Å². The van der Waals surface area contributed by atoms with Crippen LogP contribution in [0.1, 0.15) is 6.92 Å². The fraction of sp³-hybridized carbons (Fsp3) is 1.00. The van der Waals surface area contributed by atoms with Crippen molar-refractivity contribution in [3.63, 3.8) is 0 Å². The third-order valence-electron chi connectivity index (χ3n) is 1.92. The number of piperazine rings is 1. The van der Waals surface area contributed by atoms with E-state index < -0.39 is 0 Å². The van der Waals surface area contributed by atoms with E-state index in [1.54, 1.807) is 7.11 Å². The minimum Gasteiger partial charge on any atom is -0.380 e. The Kier molecular flexibility index (Phi) is 3.12. The predicted octanol–water partition coefficient (Wildman–Crippen LogP) is -0.402. The first-order chi connectivity index (χ1) is 4.84. The summed E-state index contributed by atoms with van der Waals surface area (Å²) in [6.45, 7) is 4.97. The summed E-state index contributed by atoms with van der Waals surface area (Å²) in [5, 5.41) is 7.69. The van der Waals surface area contributed by atoms with Gasteiger partial charge in [0.15, 0.2) is 0 Å². The molecule has 10 heavy (non-hydrogen) atoms. The summed E-state index contributed by atoms with van der Waals surface area (Å²) in [5.74, 6) is 0. The molecule has 0 aromatic heterocycles. The second kappa shape index (κ2) is 3.91. The van der Waals surface area contributed by atoms with Crippen LogP contribution >= 0.6 is 0 Å². The fourth-order valence-electron chi connectivity index (χ4n) is 1.10. The van der Waals surface area contributed by atoms with Gasteiger partial charge in [-0.2, -0.15) is 0 Å². The number of rotatable bonds is 2. The summed E-state index contributed by atoms with van der Waals surface area (Å²) in [5.41, 5.74) is 0. The summed E-state index contributed by atoms with van der Waals surface area (Å²) in [7, 11) is 1.73. The highest BCUT2D eigenvalue weighted by molar-refractivity contribution is 4.79. The minimum absolute atomic E-state index is 0.257. The zero-order valence-corrected chi connectivity index (χ0v) is 6.63. The number of nitrogens with one attached hydrogen (secondary N) is 1. The van der Waals surface area contributed by atoms with E-state index in [-0.39, 0.29) is 6.10 Å². The number of hydrogen-bond donors (Lipinski definition) is 1.